The second kappa shape index (κ2) is 5.87. The smallest absolute Gasteiger partial charge is 0.335 e. The highest BCUT2D eigenvalue weighted by Crippen LogP contribution is 2.48. The van der Waals surface area contributed by atoms with E-state index in [1.165, 1.54) is 38.9 Å². The van der Waals surface area contributed by atoms with E-state index in [1.54, 1.807) is 6.07 Å². The minimum absolute atomic E-state index is 0.186. The molecule has 4 nitrogen and oxygen atoms in total. The molecule has 2 bridgehead atoms. The molecule has 0 amide bonds. The summed E-state index contributed by atoms with van der Waals surface area (Å²) in [6.45, 7) is 0.683. The number of carbonyl (C=O) groups is 1. The number of hydrogen-bond acceptors (Lipinski definition) is 3. The van der Waals surface area contributed by atoms with E-state index >= 15 is 0 Å². The molecular weight excluding hydrogens is 336 g/mol. The van der Waals surface area contributed by atoms with Gasteiger partial charge in [-0.15, -0.1) is 0 Å². The molecule has 2 aliphatic carbocycles. The van der Waals surface area contributed by atoms with Gasteiger partial charge in [0.05, 0.1) is 23.8 Å². The number of benzene rings is 1. The summed E-state index contributed by atoms with van der Waals surface area (Å²) in [6, 6.07) is 3.06. The molecule has 2 aliphatic rings. The van der Waals surface area contributed by atoms with E-state index in [9.17, 15) is 4.79 Å². The van der Waals surface area contributed by atoms with Crippen LogP contribution in [-0.4, -0.2) is 24.8 Å². The van der Waals surface area contributed by atoms with E-state index in [2.05, 4.69) is 15.9 Å². The summed E-state index contributed by atoms with van der Waals surface area (Å²) < 4.78 is 11.9. The van der Waals surface area contributed by atoms with Crippen LogP contribution in [-0.2, 0) is 0 Å². The number of fused-ring (bicyclic) bond motifs is 2. The fourth-order valence-corrected chi connectivity index (χ4v) is 4.31. The van der Waals surface area contributed by atoms with Crippen LogP contribution in [0.25, 0.3) is 0 Å². The number of rotatable bonds is 5. The second-order valence-electron chi connectivity index (χ2n) is 6.04. The monoisotopic (exact) mass is 354 g/mol. The molecule has 2 saturated carbocycles. The van der Waals surface area contributed by atoms with Gasteiger partial charge in [0.15, 0.2) is 11.5 Å². The van der Waals surface area contributed by atoms with Crippen LogP contribution in [0.3, 0.4) is 0 Å². The molecule has 1 N–H and O–H groups in total. The summed E-state index contributed by atoms with van der Waals surface area (Å²) in [5, 5.41) is 9.08. The Hall–Kier alpha value is -1.23. The number of carboxylic acids is 1. The van der Waals surface area contributed by atoms with Crippen LogP contribution in [0.4, 0.5) is 0 Å². The summed E-state index contributed by atoms with van der Waals surface area (Å²) >= 11 is 3.39. The largest absolute Gasteiger partial charge is 0.493 e. The predicted molar refractivity (Wildman–Crippen MR) is 82.1 cm³/mol. The normalized spacial score (nSPS) is 26.9. The molecule has 0 aromatic heterocycles. The Bertz CT molecular complexity index is 557. The first-order chi connectivity index (χ1) is 10.1. The average molecular weight is 355 g/mol. The van der Waals surface area contributed by atoms with Gasteiger partial charge in [-0.25, -0.2) is 4.79 Å². The zero-order valence-electron chi connectivity index (χ0n) is 12.0. The zero-order chi connectivity index (χ0) is 15.0. The molecule has 1 aromatic rings. The molecule has 3 rings (SSSR count). The van der Waals surface area contributed by atoms with Crippen LogP contribution in [0, 0.1) is 17.8 Å². The van der Waals surface area contributed by atoms with Crippen molar-refractivity contribution in [2.75, 3.05) is 13.7 Å². The summed E-state index contributed by atoms with van der Waals surface area (Å²) in [5.41, 5.74) is 0.186. The van der Waals surface area contributed by atoms with Gasteiger partial charge in [0.2, 0.25) is 0 Å². The lowest BCUT2D eigenvalue weighted by molar-refractivity contribution is 0.0696. The predicted octanol–water partition coefficient (Wildman–Crippen LogP) is 3.97. The molecule has 0 radical (unpaired) electrons. The summed E-state index contributed by atoms with van der Waals surface area (Å²) in [7, 11) is 1.53. The van der Waals surface area contributed by atoms with Crippen LogP contribution < -0.4 is 9.47 Å². The van der Waals surface area contributed by atoms with E-state index in [4.69, 9.17) is 14.6 Å². The maximum Gasteiger partial charge on any atom is 0.335 e. The number of halogens is 1. The topological polar surface area (TPSA) is 55.8 Å². The van der Waals surface area contributed by atoms with Gasteiger partial charge in [0, 0.05) is 0 Å². The number of hydrogen-bond donors (Lipinski definition) is 1. The summed E-state index contributed by atoms with van der Waals surface area (Å²) in [6.07, 6.45) is 5.32. The molecule has 3 unspecified atom stereocenters. The zero-order valence-corrected chi connectivity index (χ0v) is 13.6. The molecule has 0 saturated heterocycles. The Morgan fingerprint density at radius 1 is 1.38 bits per heavy atom. The Labute approximate surface area is 132 Å². The standard InChI is InChI=1S/C16H19BrO4/c1-20-14-7-11(16(18)19)6-13(17)15(14)21-8-12-5-9-2-3-10(12)4-9/h6-7,9-10,12H,2-5,8H2,1H3,(H,18,19). The van der Waals surface area contributed by atoms with E-state index in [1.807, 2.05) is 0 Å². The molecule has 1 aromatic carbocycles. The number of aromatic carboxylic acids is 1. The van der Waals surface area contributed by atoms with E-state index in [-0.39, 0.29) is 5.56 Å². The molecular formula is C16H19BrO4. The fourth-order valence-electron chi connectivity index (χ4n) is 3.75. The Balaban J connectivity index is 1.74. The van der Waals surface area contributed by atoms with Crippen molar-refractivity contribution in [1.82, 2.24) is 0 Å². The van der Waals surface area contributed by atoms with Crippen molar-refractivity contribution in [3.63, 3.8) is 0 Å². The molecule has 114 valence electrons. The lowest BCUT2D eigenvalue weighted by atomic mass is 9.89. The fraction of sp³-hybridized carbons (Fsp3) is 0.562. The van der Waals surface area contributed by atoms with Gasteiger partial charge in [-0.2, -0.15) is 0 Å². The minimum atomic E-state index is -0.978. The quantitative estimate of drug-likeness (QED) is 0.868. The SMILES string of the molecule is COc1cc(C(=O)O)cc(Br)c1OCC1CC2CCC1C2. The molecule has 0 aliphatic heterocycles. The Kier molecular flexibility index (Phi) is 4.11. The van der Waals surface area contributed by atoms with Crippen molar-refractivity contribution in [2.24, 2.45) is 17.8 Å². The first kappa shape index (κ1) is 14.7. The third kappa shape index (κ3) is 2.89. The van der Waals surface area contributed by atoms with Gasteiger partial charge in [-0.1, -0.05) is 6.42 Å². The highest BCUT2D eigenvalue weighted by molar-refractivity contribution is 9.10. The number of ether oxygens (including phenoxy) is 2. The molecule has 5 heteroatoms. The van der Waals surface area contributed by atoms with Crippen molar-refractivity contribution < 1.29 is 19.4 Å². The summed E-state index contributed by atoms with van der Waals surface area (Å²) in [4.78, 5) is 11.1. The molecule has 0 spiro atoms. The van der Waals surface area contributed by atoms with E-state index in [0.717, 1.165) is 11.8 Å². The van der Waals surface area contributed by atoms with Gasteiger partial charge in [0.1, 0.15) is 0 Å². The van der Waals surface area contributed by atoms with E-state index < -0.39 is 5.97 Å². The van der Waals surface area contributed by atoms with Crippen LogP contribution in [0.2, 0.25) is 0 Å². The van der Waals surface area contributed by atoms with Gasteiger partial charge < -0.3 is 14.6 Å². The van der Waals surface area contributed by atoms with E-state index in [0.29, 0.717) is 28.5 Å². The van der Waals surface area contributed by atoms with Crippen molar-refractivity contribution in [1.29, 1.82) is 0 Å². The summed E-state index contributed by atoms with van der Waals surface area (Å²) in [5.74, 6) is 2.41. The molecule has 2 fully saturated rings. The van der Waals surface area contributed by atoms with Crippen LogP contribution in [0.1, 0.15) is 36.0 Å². The van der Waals surface area contributed by atoms with Gasteiger partial charge >= 0.3 is 5.97 Å². The van der Waals surface area contributed by atoms with Crippen molar-refractivity contribution in [3.05, 3.63) is 22.2 Å². The van der Waals surface area contributed by atoms with Gasteiger partial charge in [-0.05, 0) is 65.1 Å². The molecule has 21 heavy (non-hydrogen) atoms. The highest BCUT2D eigenvalue weighted by Gasteiger charge is 2.39. The van der Waals surface area contributed by atoms with Gasteiger partial charge in [0.25, 0.3) is 0 Å². The maximum atomic E-state index is 11.1. The number of methoxy groups -OCH3 is 1. The minimum Gasteiger partial charge on any atom is -0.493 e. The van der Waals surface area contributed by atoms with Crippen LogP contribution in [0.5, 0.6) is 11.5 Å². The van der Waals surface area contributed by atoms with Gasteiger partial charge in [-0.3, -0.25) is 0 Å². The lowest BCUT2D eigenvalue weighted by Crippen LogP contribution is -2.19. The third-order valence-electron chi connectivity index (χ3n) is 4.80. The third-order valence-corrected chi connectivity index (χ3v) is 5.39. The highest BCUT2D eigenvalue weighted by atomic mass is 79.9. The Morgan fingerprint density at radius 3 is 2.76 bits per heavy atom. The maximum absolute atomic E-state index is 11.1. The first-order valence-electron chi connectivity index (χ1n) is 7.32. The number of carboxylic acid groups (broad SMARTS) is 1. The average Bonchev–Trinajstić information content (AvgIpc) is 3.07. The molecule has 3 atom stereocenters. The Morgan fingerprint density at radius 2 is 2.19 bits per heavy atom. The lowest BCUT2D eigenvalue weighted by Gasteiger charge is -2.23. The first-order valence-corrected chi connectivity index (χ1v) is 8.11. The van der Waals surface area contributed by atoms with Crippen molar-refractivity contribution in [2.45, 2.75) is 25.7 Å². The van der Waals surface area contributed by atoms with Crippen LogP contribution in [0.15, 0.2) is 16.6 Å². The molecule has 0 heterocycles. The van der Waals surface area contributed by atoms with Crippen LogP contribution >= 0.6 is 15.9 Å². The van der Waals surface area contributed by atoms with Crippen molar-refractivity contribution in [3.8, 4) is 11.5 Å². The van der Waals surface area contributed by atoms with Crippen molar-refractivity contribution >= 4 is 21.9 Å². The second-order valence-corrected chi connectivity index (χ2v) is 6.89.